The fraction of sp³-hybridized carbons (Fsp3) is 0.296. The molecule has 7 nitrogen and oxygen atoms in total. The van der Waals surface area contributed by atoms with Crippen molar-refractivity contribution in [3.63, 3.8) is 0 Å². The molecule has 192 valence electrons. The van der Waals surface area contributed by atoms with Gasteiger partial charge in [-0.15, -0.1) is 0 Å². The van der Waals surface area contributed by atoms with E-state index in [2.05, 4.69) is 9.97 Å². The van der Waals surface area contributed by atoms with Gasteiger partial charge in [-0.3, -0.25) is 9.36 Å². The van der Waals surface area contributed by atoms with E-state index in [4.69, 9.17) is 4.74 Å². The molecule has 3 heterocycles. The summed E-state index contributed by atoms with van der Waals surface area (Å²) in [5.41, 5.74) is 2.30. The molecule has 2 atom stereocenters. The highest BCUT2D eigenvalue weighted by Crippen LogP contribution is 2.37. The number of nitrogens with zero attached hydrogens (tertiary/aromatic N) is 3. The van der Waals surface area contributed by atoms with Crippen LogP contribution in [0, 0.1) is 11.2 Å². The predicted molar refractivity (Wildman–Crippen MR) is 136 cm³/mol. The van der Waals surface area contributed by atoms with Crippen LogP contribution in [0.15, 0.2) is 60.9 Å². The van der Waals surface area contributed by atoms with Gasteiger partial charge in [0.15, 0.2) is 21.3 Å². The first-order valence-corrected chi connectivity index (χ1v) is 13.6. The van der Waals surface area contributed by atoms with Crippen LogP contribution in [0.1, 0.15) is 37.2 Å². The van der Waals surface area contributed by atoms with Gasteiger partial charge in [-0.1, -0.05) is 19.1 Å². The first kappa shape index (κ1) is 25.0. The highest BCUT2D eigenvalue weighted by atomic mass is 32.2. The molecule has 4 aromatic rings. The van der Waals surface area contributed by atoms with Crippen LogP contribution in [-0.2, 0) is 9.84 Å². The van der Waals surface area contributed by atoms with E-state index in [1.807, 2.05) is 6.07 Å². The number of ether oxygens (including phenoxy) is 1. The number of rotatable bonds is 7. The third kappa shape index (κ3) is 5.24. The van der Waals surface area contributed by atoms with E-state index in [0.29, 0.717) is 40.1 Å². The van der Waals surface area contributed by atoms with E-state index >= 15 is 0 Å². The Labute approximate surface area is 213 Å². The maximum atomic E-state index is 13.6. The number of fused-ring (bicyclic) bond motifs is 1. The van der Waals surface area contributed by atoms with Crippen LogP contribution >= 0.6 is 0 Å². The van der Waals surface area contributed by atoms with Crippen LogP contribution < -0.4 is 4.74 Å². The first-order valence-electron chi connectivity index (χ1n) is 11.8. The Balaban J connectivity index is 1.59. The maximum absolute atomic E-state index is 13.6. The van der Waals surface area contributed by atoms with Crippen molar-refractivity contribution in [2.75, 3.05) is 11.5 Å². The number of aromatic nitrogens is 3. The molecule has 1 unspecified atom stereocenters. The van der Waals surface area contributed by atoms with Crippen molar-refractivity contribution < 1.29 is 26.7 Å². The Morgan fingerprint density at radius 3 is 2.65 bits per heavy atom. The SMILES string of the molecule is CC(F)Oc1cccc(-c2cn(-c3ccc(F)cc3)c3nc(C(=O)C[C@@]4(C)CCS(=O)(=O)C4)cnc23)c1. The number of Topliss-reactive ketones (excluding diaryl/α,β-unsaturated/α-hetero) is 1. The molecule has 0 spiro atoms. The number of halogens is 2. The largest absolute Gasteiger partial charge is 0.461 e. The lowest BCUT2D eigenvalue weighted by Gasteiger charge is -2.20. The molecule has 2 aromatic heterocycles. The van der Waals surface area contributed by atoms with Crippen molar-refractivity contribution in [1.29, 1.82) is 0 Å². The molecule has 10 heteroatoms. The summed E-state index contributed by atoms with van der Waals surface area (Å²) >= 11 is 0. The average Bonchev–Trinajstić information content (AvgIpc) is 3.35. The van der Waals surface area contributed by atoms with Gasteiger partial charge in [-0.25, -0.2) is 27.2 Å². The van der Waals surface area contributed by atoms with E-state index in [-0.39, 0.29) is 29.4 Å². The summed E-state index contributed by atoms with van der Waals surface area (Å²) in [6.45, 7) is 3.09. The fourth-order valence-electron chi connectivity index (χ4n) is 4.75. The number of sulfone groups is 1. The van der Waals surface area contributed by atoms with E-state index in [1.54, 1.807) is 48.0 Å². The number of ketones is 1. The van der Waals surface area contributed by atoms with Crippen LogP contribution in [0.2, 0.25) is 0 Å². The van der Waals surface area contributed by atoms with Gasteiger partial charge >= 0.3 is 0 Å². The minimum absolute atomic E-state index is 0.0343. The summed E-state index contributed by atoms with van der Waals surface area (Å²) < 4.78 is 57.9. The lowest BCUT2D eigenvalue weighted by Crippen LogP contribution is -2.23. The average molecular weight is 526 g/mol. The Kier molecular flexibility index (Phi) is 6.31. The van der Waals surface area contributed by atoms with Gasteiger partial charge in [0.2, 0.25) is 6.36 Å². The highest BCUT2D eigenvalue weighted by molar-refractivity contribution is 7.91. The van der Waals surface area contributed by atoms with Gasteiger partial charge in [0.05, 0.1) is 17.7 Å². The van der Waals surface area contributed by atoms with Gasteiger partial charge in [0.1, 0.15) is 22.8 Å². The number of hydrogen-bond acceptors (Lipinski definition) is 6. The quantitative estimate of drug-likeness (QED) is 0.304. The lowest BCUT2D eigenvalue weighted by atomic mass is 9.84. The summed E-state index contributed by atoms with van der Waals surface area (Å²) in [5.74, 6) is -0.313. The zero-order valence-electron chi connectivity index (χ0n) is 20.3. The third-order valence-electron chi connectivity index (χ3n) is 6.50. The molecule has 0 N–H and O–H groups in total. The molecule has 1 fully saturated rings. The van der Waals surface area contributed by atoms with E-state index < -0.39 is 27.4 Å². The Hall–Kier alpha value is -3.66. The molecule has 0 saturated carbocycles. The normalized spacial score (nSPS) is 19.7. The molecule has 1 aliphatic rings. The van der Waals surface area contributed by atoms with Crippen LogP contribution in [0.4, 0.5) is 8.78 Å². The molecule has 0 aliphatic carbocycles. The van der Waals surface area contributed by atoms with Crippen molar-refractivity contribution in [1.82, 2.24) is 14.5 Å². The van der Waals surface area contributed by atoms with Crippen molar-refractivity contribution in [3.05, 3.63) is 72.4 Å². The smallest absolute Gasteiger partial charge is 0.235 e. The topological polar surface area (TPSA) is 91.2 Å². The van der Waals surface area contributed by atoms with Gasteiger partial charge in [-0.2, -0.15) is 0 Å². The first-order chi connectivity index (χ1) is 17.5. The molecule has 5 rings (SSSR count). The van der Waals surface area contributed by atoms with Crippen LogP contribution in [-0.4, -0.2) is 46.6 Å². The second-order valence-corrected chi connectivity index (χ2v) is 11.9. The molecule has 37 heavy (non-hydrogen) atoms. The van der Waals surface area contributed by atoms with Gasteiger partial charge in [0, 0.05) is 30.8 Å². The molecule has 0 radical (unpaired) electrons. The Morgan fingerprint density at radius 2 is 1.97 bits per heavy atom. The fourth-order valence-corrected chi connectivity index (χ4v) is 7.01. The number of benzene rings is 2. The number of alkyl halides is 1. The summed E-state index contributed by atoms with van der Waals surface area (Å²) in [7, 11) is -3.16. The van der Waals surface area contributed by atoms with Crippen LogP contribution in [0.3, 0.4) is 0 Å². The molecule has 0 bridgehead atoms. The predicted octanol–water partition coefficient (Wildman–Crippen LogP) is 5.32. The lowest BCUT2D eigenvalue weighted by molar-refractivity contribution is 0.0860. The number of carbonyl (C=O) groups is 1. The zero-order valence-corrected chi connectivity index (χ0v) is 21.1. The van der Waals surface area contributed by atoms with Crippen molar-refractivity contribution in [2.24, 2.45) is 5.41 Å². The molecular formula is C27H25F2N3O4S. The Morgan fingerprint density at radius 1 is 1.22 bits per heavy atom. The zero-order chi connectivity index (χ0) is 26.4. The molecule has 1 saturated heterocycles. The maximum Gasteiger partial charge on any atom is 0.235 e. The van der Waals surface area contributed by atoms with Crippen LogP contribution in [0.25, 0.3) is 28.0 Å². The van der Waals surface area contributed by atoms with Gasteiger partial charge < -0.3 is 4.74 Å². The number of carbonyl (C=O) groups excluding carboxylic acids is 1. The highest BCUT2D eigenvalue weighted by Gasteiger charge is 2.40. The standard InChI is InChI=1S/C27H25F2N3O4S/c1-17(28)36-21-5-3-4-18(12-21)22-15-32(20-8-6-19(29)7-9-20)26-25(22)30-14-23(31-26)24(33)13-27(2)10-11-37(34,35)16-27/h3-9,12,14-15,17H,10-11,13,16H2,1-2H3/t17?,27-/m1/s1. The van der Waals surface area contributed by atoms with Crippen molar-refractivity contribution in [2.45, 2.75) is 33.0 Å². The summed E-state index contributed by atoms with van der Waals surface area (Å²) in [6.07, 6.45) is 2.13. The summed E-state index contributed by atoms with van der Waals surface area (Å²) in [5, 5.41) is 0. The van der Waals surface area contributed by atoms with Gasteiger partial charge in [0.25, 0.3) is 0 Å². The minimum atomic E-state index is -3.16. The molecule has 2 aromatic carbocycles. The monoisotopic (exact) mass is 525 g/mol. The van der Waals surface area contributed by atoms with Crippen LogP contribution in [0.5, 0.6) is 5.75 Å². The molecular weight excluding hydrogens is 500 g/mol. The Bertz CT molecular complexity index is 1600. The molecule has 1 aliphatic heterocycles. The number of hydrogen-bond donors (Lipinski definition) is 0. The summed E-state index contributed by atoms with van der Waals surface area (Å²) in [6, 6.07) is 12.7. The second kappa shape index (κ2) is 9.33. The van der Waals surface area contributed by atoms with Crippen molar-refractivity contribution >= 4 is 26.8 Å². The second-order valence-electron chi connectivity index (χ2n) is 9.76. The van der Waals surface area contributed by atoms with E-state index in [0.717, 1.165) is 0 Å². The van der Waals surface area contributed by atoms with E-state index in [9.17, 15) is 22.0 Å². The van der Waals surface area contributed by atoms with Gasteiger partial charge in [-0.05, 0) is 53.8 Å². The third-order valence-corrected chi connectivity index (χ3v) is 8.46. The van der Waals surface area contributed by atoms with E-state index in [1.165, 1.54) is 25.3 Å². The summed E-state index contributed by atoms with van der Waals surface area (Å²) in [4.78, 5) is 22.3. The van der Waals surface area contributed by atoms with Crippen molar-refractivity contribution in [3.8, 4) is 22.6 Å². The molecule has 0 amide bonds. The minimum Gasteiger partial charge on any atom is -0.461 e.